The molecule has 43 heavy (non-hydrogen) atoms. The molecule has 7 rings (SSSR count). The van der Waals surface area contributed by atoms with Crippen molar-refractivity contribution in [1.29, 1.82) is 0 Å². The Morgan fingerprint density at radius 3 is 2.35 bits per heavy atom. The Bertz CT molecular complexity index is 1760. The fraction of sp³-hybridized carbons (Fsp3) is 0.176. The number of hydrogen-bond acceptors (Lipinski definition) is 9. The molecule has 9 nitrogen and oxygen atoms in total. The number of aromatic nitrogens is 3. The first kappa shape index (κ1) is 26.8. The van der Waals surface area contributed by atoms with Crippen LogP contribution in [0, 0.1) is 0 Å². The number of ether oxygens (including phenoxy) is 1. The van der Waals surface area contributed by atoms with E-state index in [4.69, 9.17) is 21.3 Å². The van der Waals surface area contributed by atoms with Crippen LogP contribution >= 0.6 is 0 Å². The smallest absolute Gasteiger partial charge is 0.228 e. The number of hydrogen-bond donors (Lipinski definition) is 2. The standard InChI is InChI=1S/C34H32N8O/c35-32-28-7-2-1-6-27(28)31(24-11-9-23(10-12-24)22-41-20-3-4-21-41)40-42(32)25-13-15-26(16-14-25)43-33-29(8-5-18-37-33)30-17-19-38-34(36)39-30/h1-2,5-19,32H,3-4,20-22,35H2,(H2,36,38,39). The second-order valence-electron chi connectivity index (χ2n) is 10.8. The summed E-state index contributed by atoms with van der Waals surface area (Å²) < 4.78 is 6.18. The summed E-state index contributed by atoms with van der Waals surface area (Å²) >= 11 is 0. The minimum Gasteiger partial charge on any atom is -0.438 e. The average molecular weight is 569 g/mol. The largest absolute Gasteiger partial charge is 0.438 e. The molecule has 4 N–H and O–H groups in total. The predicted molar refractivity (Wildman–Crippen MR) is 169 cm³/mol. The van der Waals surface area contributed by atoms with Crippen molar-refractivity contribution in [3.63, 3.8) is 0 Å². The molecule has 1 fully saturated rings. The van der Waals surface area contributed by atoms with Crippen LogP contribution in [0.2, 0.25) is 0 Å². The van der Waals surface area contributed by atoms with Crippen LogP contribution in [0.4, 0.5) is 11.6 Å². The molecule has 0 saturated carbocycles. The summed E-state index contributed by atoms with van der Waals surface area (Å²) in [4.78, 5) is 15.2. The van der Waals surface area contributed by atoms with Gasteiger partial charge in [-0.15, -0.1) is 0 Å². The first-order valence-corrected chi connectivity index (χ1v) is 14.5. The molecule has 2 aliphatic rings. The number of nitrogens with two attached hydrogens (primary N) is 2. The molecule has 0 bridgehead atoms. The van der Waals surface area contributed by atoms with Gasteiger partial charge in [0.05, 0.1) is 22.7 Å². The summed E-state index contributed by atoms with van der Waals surface area (Å²) in [6, 6.07) is 30.2. The molecule has 0 radical (unpaired) electrons. The summed E-state index contributed by atoms with van der Waals surface area (Å²) in [5.74, 6) is 1.23. The number of hydrazone groups is 1. The van der Waals surface area contributed by atoms with Crippen molar-refractivity contribution in [2.24, 2.45) is 10.8 Å². The number of nitrogens with zero attached hydrogens (tertiary/aromatic N) is 6. The molecule has 5 aromatic rings. The molecule has 3 aromatic carbocycles. The normalized spacial score (nSPS) is 16.5. The molecule has 0 aliphatic carbocycles. The maximum atomic E-state index is 6.79. The quantitative estimate of drug-likeness (QED) is 0.255. The van der Waals surface area contributed by atoms with E-state index >= 15 is 0 Å². The molecule has 1 atom stereocenters. The minimum atomic E-state index is -0.438. The third kappa shape index (κ3) is 5.55. The molecule has 1 saturated heterocycles. The highest BCUT2D eigenvalue weighted by Crippen LogP contribution is 2.35. The van der Waals surface area contributed by atoms with Gasteiger partial charge in [0.1, 0.15) is 11.9 Å². The van der Waals surface area contributed by atoms with Crippen LogP contribution in [0.15, 0.2) is 108 Å². The Morgan fingerprint density at radius 2 is 1.56 bits per heavy atom. The fourth-order valence-corrected chi connectivity index (χ4v) is 5.69. The second kappa shape index (κ2) is 11.6. The van der Waals surface area contributed by atoms with E-state index < -0.39 is 6.17 Å². The lowest BCUT2D eigenvalue weighted by Gasteiger charge is -2.33. The van der Waals surface area contributed by atoms with Gasteiger partial charge in [0.25, 0.3) is 0 Å². The number of rotatable bonds is 7. The fourth-order valence-electron chi connectivity index (χ4n) is 5.69. The van der Waals surface area contributed by atoms with Gasteiger partial charge in [-0.2, -0.15) is 5.10 Å². The number of benzene rings is 3. The van der Waals surface area contributed by atoms with Crippen LogP contribution in [-0.2, 0) is 6.54 Å². The molecule has 2 aliphatic heterocycles. The summed E-state index contributed by atoms with van der Waals surface area (Å²) in [7, 11) is 0. The summed E-state index contributed by atoms with van der Waals surface area (Å²) in [6.45, 7) is 3.35. The molecular formula is C34H32N8O. The zero-order valence-electron chi connectivity index (χ0n) is 23.7. The molecule has 4 heterocycles. The zero-order chi connectivity index (χ0) is 29.2. The third-order valence-electron chi connectivity index (χ3n) is 7.88. The first-order chi connectivity index (χ1) is 21.1. The van der Waals surface area contributed by atoms with Crippen LogP contribution < -0.4 is 21.2 Å². The van der Waals surface area contributed by atoms with Gasteiger partial charge in [0.15, 0.2) is 0 Å². The van der Waals surface area contributed by atoms with E-state index in [9.17, 15) is 0 Å². The highest BCUT2D eigenvalue weighted by atomic mass is 16.5. The van der Waals surface area contributed by atoms with E-state index in [1.54, 1.807) is 18.5 Å². The van der Waals surface area contributed by atoms with Gasteiger partial charge >= 0.3 is 0 Å². The maximum absolute atomic E-state index is 6.79. The van der Waals surface area contributed by atoms with Crippen molar-refractivity contribution >= 4 is 17.3 Å². The van der Waals surface area contributed by atoms with Crippen LogP contribution in [-0.4, -0.2) is 38.7 Å². The van der Waals surface area contributed by atoms with Crippen LogP contribution in [0.5, 0.6) is 11.6 Å². The highest BCUT2D eigenvalue weighted by Gasteiger charge is 2.28. The number of fused-ring (bicyclic) bond motifs is 1. The van der Waals surface area contributed by atoms with Crippen LogP contribution in [0.3, 0.4) is 0 Å². The van der Waals surface area contributed by atoms with Gasteiger partial charge in [-0.3, -0.25) is 4.90 Å². The minimum absolute atomic E-state index is 0.189. The molecule has 0 spiro atoms. The Kier molecular flexibility index (Phi) is 7.24. The molecule has 0 amide bonds. The highest BCUT2D eigenvalue weighted by molar-refractivity contribution is 6.15. The van der Waals surface area contributed by atoms with E-state index in [0.717, 1.165) is 40.2 Å². The van der Waals surface area contributed by atoms with Gasteiger partial charge in [-0.1, -0.05) is 48.5 Å². The Labute approximate surface area is 250 Å². The molecular weight excluding hydrogens is 536 g/mol. The summed E-state index contributed by atoms with van der Waals surface area (Å²) in [6.07, 6.45) is 5.43. The number of anilines is 2. The Balaban J connectivity index is 1.16. The van der Waals surface area contributed by atoms with E-state index in [1.165, 1.54) is 31.5 Å². The Hall–Kier alpha value is -5.12. The Morgan fingerprint density at radius 1 is 0.791 bits per heavy atom. The van der Waals surface area contributed by atoms with Gasteiger partial charge in [0, 0.05) is 35.6 Å². The summed E-state index contributed by atoms with van der Waals surface area (Å²) in [5, 5.41) is 6.96. The lowest BCUT2D eigenvalue weighted by Crippen LogP contribution is -2.36. The average Bonchev–Trinajstić information content (AvgIpc) is 3.56. The van der Waals surface area contributed by atoms with Crippen molar-refractivity contribution in [3.05, 3.63) is 126 Å². The van der Waals surface area contributed by atoms with Crippen molar-refractivity contribution in [2.45, 2.75) is 25.6 Å². The predicted octanol–water partition coefficient (Wildman–Crippen LogP) is 5.74. The van der Waals surface area contributed by atoms with E-state index in [0.29, 0.717) is 17.3 Å². The van der Waals surface area contributed by atoms with Crippen molar-refractivity contribution in [3.8, 4) is 22.9 Å². The number of likely N-dealkylation sites (tertiary alicyclic amines) is 1. The molecule has 9 heteroatoms. The van der Waals surface area contributed by atoms with Gasteiger partial charge in [-0.25, -0.2) is 20.0 Å². The van der Waals surface area contributed by atoms with Crippen molar-refractivity contribution in [1.82, 2.24) is 19.9 Å². The second-order valence-corrected chi connectivity index (χ2v) is 10.8. The van der Waals surface area contributed by atoms with Crippen LogP contribution in [0.25, 0.3) is 11.3 Å². The SMILES string of the molecule is Nc1nccc(-c2cccnc2Oc2ccc(N3N=C(c4ccc(CN5CCCC5)cc4)c4ccccc4C3N)cc2)n1. The molecule has 1 unspecified atom stereocenters. The molecule has 214 valence electrons. The van der Waals surface area contributed by atoms with Gasteiger partial charge in [-0.05, 0) is 74.0 Å². The van der Waals surface area contributed by atoms with Gasteiger partial charge < -0.3 is 16.2 Å². The first-order valence-electron chi connectivity index (χ1n) is 14.5. The third-order valence-corrected chi connectivity index (χ3v) is 7.88. The lowest BCUT2D eigenvalue weighted by atomic mass is 9.94. The number of nitrogen functional groups attached to an aromatic ring is 1. The maximum Gasteiger partial charge on any atom is 0.228 e. The van der Waals surface area contributed by atoms with Crippen LogP contribution in [0.1, 0.15) is 41.3 Å². The van der Waals surface area contributed by atoms with Gasteiger partial charge in [0.2, 0.25) is 11.8 Å². The zero-order valence-corrected chi connectivity index (χ0v) is 23.7. The summed E-state index contributed by atoms with van der Waals surface area (Å²) in [5.41, 5.74) is 20.1. The van der Waals surface area contributed by atoms with E-state index in [-0.39, 0.29) is 5.95 Å². The topological polar surface area (TPSA) is 119 Å². The number of pyridine rings is 1. The van der Waals surface area contributed by atoms with Crippen molar-refractivity contribution < 1.29 is 4.74 Å². The van der Waals surface area contributed by atoms with E-state index in [1.807, 2.05) is 53.5 Å². The lowest BCUT2D eigenvalue weighted by molar-refractivity contribution is 0.331. The van der Waals surface area contributed by atoms with Crippen molar-refractivity contribution in [2.75, 3.05) is 23.8 Å². The molecule has 2 aromatic heterocycles. The monoisotopic (exact) mass is 568 g/mol. The van der Waals surface area contributed by atoms with E-state index in [2.05, 4.69) is 56.3 Å².